The standard InChI is InChI=1S/C20H22N6O3/c1-13-17(18-23-24-20(29-18)26-8-10-28-11-9-26)22-16(12-21-13)14-4-6-15(7-5-14)19(27)25(2)3/h4-7,12H,8-11H2,1-3H3. The van der Waals surface area contributed by atoms with E-state index in [1.54, 1.807) is 37.3 Å². The van der Waals surface area contributed by atoms with Gasteiger partial charge in [-0.05, 0) is 19.1 Å². The van der Waals surface area contributed by atoms with Gasteiger partial charge in [0.05, 0.1) is 30.8 Å². The third kappa shape index (κ3) is 3.95. The van der Waals surface area contributed by atoms with Crippen molar-refractivity contribution in [3.63, 3.8) is 0 Å². The summed E-state index contributed by atoms with van der Waals surface area (Å²) in [6, 6.07) is 7.73. The zero-order valence-electron chi connectivity index (χ0n) is 16.6. The molecule has 0 atom stereocenters. The van der Waals surface area contributed by atoms with Gasteiger partial charge in [-0.25, -0.2) is 4.98 Å². The normalized spacial score (nSPS) is 14.1. The maximum Gasteiger partial charge on any atom is 0.318 e. The molecule has 0 unspecified atom stereocenters. The number of benzene rings is 1. The lowest BCUT2D eigenvalue weighted by Gasteiger charge is -2.24. The second kappa shape index (κ2) is 7.96. The molecule has 4 rings (SSSR count). The van der Waals surface area contributed by atoms with Crippen molar-refractivity contribution in [2.75, 3.05) is 45.3 Å². The Morgan fingerprint density at radius 2 is 1.83 bits per heavy atom. The summed E-state index contributed by atoms with van der Waals surface area (Å²) in [6.07, 6.45) is 1.70. The largest absolute Gasteiger partial charge is 0.401 e. The fourth-order valence-corrected chi connectivity index (χ4v) is 3.03. The van der Waals surface area contributed by atoms with Gasteiger partial charge in [-0.3, -0.25) is 9.78 Å². The monoisotopic (exact) mass is 394 g/mol. The highest BCUT2D eigenvalue weighted by Gasteiger charge is 2.20. The Morgan fingerprint density at radius 1 is 1.10 bits per heavy atom. The number of hydrogen-bond acceptors (Lipinski definition) is 8. The topological polar surface area (TPSA) is 97.5 Å². The van der Waals surface area contributed by atoms with Crippen molar-refractivity contribution in [1.82, 2.24) is 25.1 Å². The van der Waals surface area contributed by atoms with Gasteiger partial charge in [0.1, 0.15) is 5.69 Å². The predicted octanol–water partition coefficient (Wildman–Crippen LogP) is 2.04. The van der Waals surface area contributed by atoms with E-state index in [2.05, 4.69) is 20.2 Å². The van der Waals surface area contributed by atoms with E-state index in [0.29, 0.717) is 60.9 Å². The van der Waals surface area contributed by atoms with Gasteiger partial charge >= 0.3 is 6.01 Å². The first-order valence-corrected chi connectivity index (χ1v) is 9.35. The zero-order valence-corrected chi connectivity index (χ0v) is 16.6. The SMILES string of the molecule is Cc1ncc(-c2ccc(C(=O)N(C)C)cc2)nc1-c1nnc(N2CCOCC2)o1. The predicted molar refractivity (Wildman–Crippen MR) is 107 cm³/mol. The van der Waals surface area contributed by atoms with Crippen LogP contribution in [0.2, 0.25) is 0 Å². The molecule has 0 N–H and O–H groups in total. The minimum absolute atomic E-state index is 0.0475. The molecular weight excluding hydrogens is 372 g/mol. The Bertz CT molecular complexity index is 1010. The molecule has 2 aromatic heterocycles. The third-order valence-electron chi connectivity index (χ3n) is 4.69. The van der Waals surface area contributed by atoms with E-state index < -0.39 is 0 Å². The second-order valence-corrected chi connectivity index (χ2v) is 6.96. The van der Waals surface area contributed by atoms with E-state index in [1.165, 1.54) is 0 Å². The number of aromatic nitrogens is 4. The first-order chi connectivity index (χ1) is 14.0. The number of nitrogens with zero attached hydrogens (tertiary/aromatic N) is 6. The summed E-state index contributed by atoms with van der Waals surface area (Å²) in [5.74, 6) is 0.284. The first-order valence-electron chi connectivity index (χ1n) is 9.35. The Labute approximate surface area is 168 Å². The fraction of sp³-hybridized carbons (Fsp3) is 0.350. The van der Waals surface area contributed by atoms with Crippen LogP contribution in [0.4, 0.5) is 6.01 Å². The molecule has 9 heteroatoms. The molecule has 0 saturated carbocycles. The lowest BCUT2D eigenvalue weighted by molar-refractivity contribution is 0.0827. The molecular formula is C20H22N6O3. The minimum atomic E-state index is -0.0475. The van der Waals surface area contributed by atoms with Crippen molar-refractivity contribution in [3.05, 3.63) is 41.7 Å². The average Bonchev–Trinajstić information content (AvgIpc) is 3.24. The lowest BCUT2D eigenvalue weighted by Crippen LogP contribution is -2.36. The van der Waals surface area contributed by atoms with Gasteiger partial charge in [0.2, 0.25) is 0 Å². The van der Waals surface area contributed by atoms with Crippen LogP contribution in [-0.4, -0.2) is 71.4 Å². The summed E-state index contributed by atoms with van der Waals surface area (Å²) in [7, 11) is 3.45. The quantitative estimate of drug-likeness (QED) is 0.663. The molecule has 1 aromatic carbocycles. The van der Waals surface area contributed by atoms with Gasteiger partial charge in [0, 0.05) is 38.3 Å². The number of hydrogen-bond donors (Lipinski definition) is 0. The minimum Gasteiger partial charge on any atom is -0.401 e. The van der Waals surface area contributed by atoms with Gasteiger partial charge in [0.25, 0.3) is 11.8 Å². The fourth-order valence-electron chi connectivity index (χ4n) is 3.03. The van der Waals surface area contributed by atoms with E-state index in [1.807, 2.05) is 24.0 Å². The van der Waals surface area contributed by atoms with E-state index in [-0.39, 0.29) is 5.91 Å². The van der Waals surface area contributed by atoms with Crippen LogP contribution < -0.4 is 4.90 Å². The maximum absolute atomic E-state index is 12.1. The molecule has 3 heterocycles. The van der Waals surface area contributed by atoms with Gasteiger partial charge in [-0.1, -0.05) is 17.2 Å². The maximum atomic E-state index is 12.1. The molecule has 150 valence electrons. The first kappa shape index (κ1) is 19.0. The van der Waals surface area contributed by atoms with Crippen LogP contribution in [0.25, 0.3) is 22.8 Å². The molecule has 0 bridgehead atoms. The van der Waals surface area contributed by atoms with Crippen molar-refractivity contribution in [2.24, 2.45) is 0 Å². The van der Waals surface area contributed by atoms with Crippen LogP contribution >= 0.6 is 0 Å². The van der Waals surface area contributed by atoms with Crippen LogP contribution in [0.3, 0.4) is 0 Å². The number of anilines is 1. The Kier molecular flexibility index (Phi) is 5.22. The van der Waals surface area contributed by atoms with E-state index in [0.717, 1.165) is 5.56 Å². The van der Waals surface area contributed by atoms with Crippen LogP contribution in [-0.2, 0) is 4.74 Å². The summed E-state index contributed by atoms with van der Waals surface area (Å²) in [5, 5.41) is 8.31. The highest BCUT2D eigenvalue weighted by Crippen LogP contribution is 2.26. The summed E-state index contributed by atoms with van der Waals surface area (Å²) < 4.78 is 11.2. The van der Waals surface area contributed by atoms with Gasteiger partial charge in [-0.15, -0.1) is 5.10 Å². The number of rotatable bonds is 4. The molecule has 1 aliphatic rings. The summed E-state index contributed by atoms with van der Waals surface area (Å²) in [6.45, 7) is 4.55. The summed E-state index contributed by atoms with van der Waals surface area (Å²) >= 11 is 0. The van der Waals surface area contributed by atoms with Crippen LogP contribution in [0.5, 0.6) is 0 Å². The molecule has 1 aliphatic heterocycles. The smallest absolute Gasteiger partial charge is 0.318 e. The van der Waals surface area contributed by atoms with Gasteiger partial charge in [0.15, 0.2) is 0 Å². The number of aryl methyl sites for hydroxylation is 1. The Morgan fingerprint density at radius 3 is 2.52 bits per heavy atom. The highest BCUT2D eigenvalue weighted by molar-refractivity contribution is 5.94. The van der Waals surface area contributed by atoms with Crippen molar-refractivity contribution in [3.8, 4) is 22.8 Å². The van der Waals surface area contributed by atoms with Crippen molar-refractivity contribution >= 4 is 11.9 Å². The van der Waals surface area contributed by atoms with Crippen molar-refractivity contribution in [1.29, 1.82) is 0 Å². The number of ether oxygens (including phenoxy) is 1. The average molecular weight is 394 g/mol. The molecule has 1 amide bonds. The molecule has 0 spiro atoms. The highest BCUT2D eigenvalue weighted by atomic mass is 16.5. The lowest BCUT2D eigenvalue weighted by atomic mass is 10.1. The van der Waals surface area contributed by atoms with E-state index in [9.17, 15) is 4.79 Å². The van der Waals surface area contributed by atoms with Crippen LogP contribution in [0.1, 0.15) is 16.1 Å². The second-order valence-electron chi connectivity index (χ2n) is 6.96. The molecule has 3 aromatic rings. The molecule has 1 fully saturated rings. The Balaban J connectivity index is 1.61. The van der Waals surface area contributed by atoms with Crippen molar-refractivity contribution < 1.29 is 13.9 Å². The summed E-state index contributed by atoms with van der Waals surface area (Å²) in [4.78, 5) is 24.7. The Hall–Kier alpha value is -3.33. The third-order valence-corrected chi connectivity index (χ3v) is 4.69. The molecule has 9 nitrogen and oxygen atoms in total. The number of carbonyl (C=O) groups is 1. The van der Waals surface area contributed by atoms with Crippen molar-refractivity contribution in [2.45, 2.75) is 6.92 Å². The summed E-state index contributed by atoms with van der Waals surface area (Å²) in [5.41, 5.74) is 3.38. The number of amides is 1. The molecule has 0 aliphatic carbocycles. The van der Waals surface area contributed by atoms with E-state index >= 15 is 0 Å². The number of carbonyl (C=O) groups excluding carboxylic acids is 1. The zero-order chi connectivity index (χ0) is 20.4. The molecule has 0 radical (unpaired) electrons. The van der Waals surface area contributed by atoms with Crippen LogP contribution in [0, 0.1) is 6.92 Å². The van der Waals surface area contributed by atoms with Gasteiger partial charge < -0.3 is 19.0 Å². The molecule has 29 heavy (non-hydrogen) atoms. The number of morpholine rings is 1. The van der Waals surface area contributed by atoms with Crippen LogP contribution in [0.15, 0.2) is 34.9 Å². The molecule has 1 saturated heterocycles. The van der Waals surface area contributed by atoms with Gasteiger partial charge in [-0.2, -0.15) is 0 Å². The van der Waals surface area contributed by atoms with E-state index in [4.69, 9.17) is 9.15 Å².